The Kier molecular flexibility index (Phi) is 10.4. The van der Waals surface area contributed by atoms with Gasteiger partial charge in [-0.15, -0.1) is 0 Å². The molecule has 0 fully saturated rings. The van der Waals surface area contributed by atoms with E-state index < -0.39 is 16.8 Å². The average molecular weight is 691 g/mol. The molecular weight excluding hydrogens is 661 g/mol. The summed E-state index contributed by atoms with van der Waals surface area (Å²) < 4.78 is 0. The van der Waals surface area contributed by atoms with Gasteiger partial charge in [0.05, 0.1) is 12.7 Å². The first-order valence-corrected chi connectivity index (χ1v) is 14.6. The predicted molar refractivity (Wildman–Crippen MR) is 179 cm³/mol. The van der Waals surface area contributed by atoms with Crippen LogP contribution in [0.25, 0.3) is 33.5 Å². The van der Waals surface area contributed by atoms with Crippen molar-refractivity contribution in [3.63, 3.8) is 0 Å². The normalized spacial score (nSPS) is 11.2. The molecule has 0 saturated carbocycles. The quantitative estimate of drug-likeness (QED) is 0.0894. The molecule has 16 nitrogen and oxygen atoms in total. The molecule has 8 N–H and O–H groups in total. The van der Waals surface area contributed by atoms with Gasteiger partial charge in [0.15, 0.2) is 33.1 Å². The fraction of sp³-hybridized carbons (Fsp3) is 0.300. The fourth-order valence-electron chi connectivity index (χ4n) is 3.29. The van der Waals surface area contributed by atoms with Crippen molar-refractivity contribution in [1.29, 1.82) is 0 Å². The highest BCUT2D eigenvalue weighted by atomic mass is 35.5. The predicted octanol–water partition coefficient (Wildman–Crippen LogP) is 2.31. The van der Waals surface area contributed by atoms with Crippen LogP contribution in [0.1, 0.15) is 58.9 Å². The van der Waals surface area contributed by atoms with Gasteiger partial charge in [0.1, 0.15) is 45.4 Å². The number of aromatic nitrogens is 12. The molecule has 18 heteroatoms. The van der Waals surface area contributed by atoms with Crippen LogP contribution in [0.5, 0.6) is 0 Å². The van der Waals surface area contributed by atoms with Crippen molar-refractivity contribution in [3.05, 3.63) is 46.6 Å². The van der Waals surface area contributed by atoms with Crippen LogP contribution >= 0.6 is 23.2 Å². The molecule has 6 aromatic heterocycles. The highest BCUT2D eigenvalue weighted by Gasteiger charge is 2.11. The maximum Gasteiger partial charge on any atom is 0.223 e. The SMILES string of the molecule is CC(C)(O)C#Cc1nc(Cl)c2[nH]cnc2n1.CC(C)(O)C#Cc1nc(N)nc2nc[nH]c12.CC(C)(O)C#Cc1nc2ncnc(Cl)c2[nH]1. The van der Waals surface area contributed by atoms with E-state index in [1.165, 1.54) is 19.0 Å². The summed E-state index contributed by atoms with van der Waals surface area (Å²) in [7, 11) is 0. The first kappa shape index (κ1) is 35.4. The van der Waals surface area contributed by atoms with E-state index in [9.17, 15) is 15.3 Å². The lowest BCUT2D eigenvalue weighted by Gasteiger charge is -2.05. The number of aliphatic hydroxyl groups is 3. The van der Waals surface area contributed by atoms with Crippen molar-refractivity contribution in [1.82, 2.24) is 59.8 Å². The van der Waals surface area contributed by atoms with Gasteiger partial charge in [-0.25, -0.2) is 34.9 Å². The summed E-state index contributed by atoms with van der Waals surface area (Å²) in [5.41, 5.74) is 5.85. The number of hydrogen-bond donors (Lipinski definition) is 7. The summed E-state index contributed by atoms with van der Waals surface area (Å²) in [6.07, 6.45) is 4.31. The van der Waals surface area contributed by atoms with Gasteiger partial charge in [0, 0.05) is 0 Å². The molecular formula is C30H29Cl2N13O3. The number of nitrogens with zero attached hydrogens (tertiary/aromatic N) is 9. The minimum Gasteiger partial charge on any atom is -0.378 e. The van der Waals surface area contributed by atoms with Crippen molar-refractivity contribution in [2.45, 2.75) is 58.3 Å². The molecule has 0 aliphatic rings. The number of H-pyrrole nitrogens is 3. The van der Waals surface area contributed by atoms with Crippen LogP contribution < -0.4 is 5.73 Å². The molecule has 0 saturated heterocycles. The maximum absolute atomic E-state index is 9.50. The molecule has 6 heterocycles. The van der Waals surface area contributed by atoms with Gasteiger partial charge in [-0.3, -0.25) is 0 Å². The second kappa shape index (κ2) is 14.1. The molecule has 6 rings (SSSR count). The molecule has 0 bridgehead atoms. The maximum atomic E-state index is 9.50. The third-order valence-corrected chi connectivity index (χ3v) is 5.80. The zero-order valence-corrected chi connectivity index (χ0v) is 27.9. The Bertz CT molecular complexity index is 2270. The van der Waals surface area contributed by atoms with E-state index in [2.05, 4.69) is 95.3 Å². The van der Waals surface area contributed by atoms with Gasteiger partial charge < -0.3 is 36.0 Å². The van der Waals surface area contributed by atoms with E-state index in [1.54, 1.807) is 41.5 Å². The first-order valence-electron chi connectivity index (χ1n) is 13.8. The molecule has 246 valence electrons. The Balaban J connectivity index is 0.000000163. The molecule has 48 heavy (non-hydrogen) atoms. The van der Waals surface area contributed by atoms with Crippen LogP contribution in [-0.2, 0) is 0 Å². The van der Waals surface area contributed by atoms with E-state index in [0.29, 0.717) is 50.2 Å². The van der Waals surface area contributed by atoms with Crippen LogP contribution in [0.4, 0.5) is 5.95 Å². The number of anilines is 1. The molecule has 0 atom stereocenters. The molecule has 6 aromatic rings. The highest BCUT2D eigenvalue weighted by molar-refractivity contribution is 6.33. The Morgan fingerprint density at radius 3 is 1.81 bits per heavy atom. The van der Waals surface area contributed by atoms with Crippen molar-refractivity contribution in [3.8, 4) is 35.5 Å². The van der Waals surface area contributed by atoms with Gasteiger partial charge in [-0.2, -0.15) is 9.97 Å². The van der Waals surface area contributed by atoms with E-state index >= 15 is 0 Å². The zero-order valence-electron chi connectivity index (χ0n) is 26.4. The van der Waals surface area contributed by atoms with Gasteiger partial charge in [0.25, 0.3) is 0 Å². The largest absolute Gasteiger partial charge is 0.378 e. The Morgan fingerprint density at radius 1 is 0.625 bits per heavy atom. The lowest BCUT2D eigenvalue weighted by Crippen LogP contribution is -2.14. The van der Waals surface area contributed by atoms with Crippen molar-refractivity contribution in [2.24, 2.45) is 0 Å². The van der Waals surface area contributed by atoms with Crippen LogP contribution in [0.15, 0.2) is 19.0 Å². The van der Waals surface area contributed by atoms with Gasteiger partial charge in [0.2, 0.25) is 11.8 Å². The Hall–Kier alpha value is -5.41. The Morgan fingerprint density at radius 2 is 1.19 bits per heavy atom. The smallest absolute Gasteiger partial charge is 0.223 e. The van der Waals surface area contributed by atoms with Crippen LogP contribution in [-0.4, -0.2) is 91.9 Å². The van der Waals surface area contributed by atoms with E-state index in [4.69, 9.17) is 28.9 Å². The second-order valence-electron chi connectivity index (χ2n) is 11.3. The van der Waals surface area contributed by atoms with E-state index in [0.717, 1.165) is 0 Å². The average Bonchev–Trinajstić information content (AvgIpc) is 3.73. The third-order valence-electron chi connectivity index (χ3n) is 5.24. The molecule has 0 aliphatic heterocycles. The number of nitrogen functional groups attached to an aromatic ring is 1. The molecule has 0 aromatic carbocycles. The molecule has 0 radical (unpaired) electrons. The monoisotopic (exact) mass is 689 g/mol. The molecule has 0 aliphatic carbocycles. The van der Waals surface area contributed by atoms with Crippen molar-refractivity contribution in [2.75, 3.05) is 5.73 Å². The van der Waals surface area contributed by atoms with Crippen molar-refractivity contribution < 1.29 is 15.3 Å². The summed E-state index contributed by atoms with van der Waals surface area (Å²) in [6, 6.07) is 0. The van der Waals surface area contributed by atoms with Crippen LogP contribution in [0, 0.1) is 35.5 Å². The summed E-state index contributed by atoms with van der Waals surface area (Å²) in [5, 5.41) is 28.9. The Labute approximate surface area is 283 Å². The highest BCUT2D eigenvalue weighted by Crippen LogP contribution is 2.17. The lowest BCUT2D eigenvalue weighted by atomic mass is 10.1. The fourth-order valence-corrected chi connectivity index (χ4v) is 3.68. The van der Waals surface area contributed by atoms with Crippen LogP contribution in [0.3, 0.4) is 0 Å². The first-order chi connectivity index (χ1) is 22.4. The number of imidazole rings is 3. The number of nitrogens with one attached hydrogen (secondary N) is 3. The molecule has 0 spiro atoms. The number of fused-ring (bicyclic) bond motifs is 3. The standard InChI is InChI=1S/2C10H9ClN4O.C10H11N5O/c1-10(2,16)4-3-6-14-7-8(11)12-5-13-9(7)15-6;1-10(2,16)4-3-6-14-8(11)7-9(15-6)13-5-12-7;1-10(2,16)4-3-6-7-8(13-5-12-7)15-9(11)14-6/h2*5,16H,1-2H3,(H,12,13,14,15);5,16H,1-2H3,(H3,11,12,13,14,15). The van der Waals surface area contributed by atoms with Crippen LogP contribution in [0.2, 0.25) is 10.3 Å². The molecule has 0 unspecified atom stereocenters. The van der Waals surface area contributed by atoms with Crippen molar-refractivity contribution >= 4 is 62.6 Å². The number of aromatic amines is 3. The molecule has 0 amide bonds. The number of rotatable bonds is 0. The number of halogens is 2. The summed E-state index contributed by atoms with van der Waals surface area (Å²) in [6.45, 7) is 9.53. The van der Waals surface area contributed by atoms with Gasteiger partial charge >= 0.3 is 0 Å². The van der Waals surface area contributed by atoms with E-state index in [-0.39, 0.29) is 16.9 Å². The second-order valence-corrected chi connectivity index (χ2v) is 12.1. The van der Waals surface area contributed by atoms with Gasteiger partial charge in [-0.1, -0.05) is 41.0 Å². The topological polar surface area (TPSA) is 250 Å². The van der Waals surface area contributed by atoms with Gasteiger partial charge in [-0.05, 0) is 59.3 Å². The lowest BCUT2D eigenvalue weighted by molar-refractivity contribution is 0.143. The minimum absolute atomic E-state index is 0.111. The summed E-state index contributed by atoms with van der Waals surface area (Å²) in [4.78, 5) is 44.3. The summed E-state index contributed by atoms with van der Waals surface area (Å²) >= 11 is 11.7. The zero-order chi connectivity index (χ0) is 35.3. The minimum atomic E-state index is -1.09. The summed E-state index contributed by atoms with van der Waals surface area (Å²) in [5.74, 6) is 16.8. The third kappa shape index (κ3) is 10.3. The number of hydrogen-bond acceptors (Lipinski definition) is 13. The number of nitrogens with two attached hydrogens (primary N) is 1. The van der Waals surface area contributed by atoms with E-state index in [1.807, 2.05) is 0 Å².